The first-order valence-corrected chi connectivity index (χ1v) is 9.51. The molecule has 2 N–H and O–H groups in total. The molecule has 26 heavy (non-hydrogen) atoms. The van der Waals surface area contributed by atoms with Crippen LogP contribution in [0.2, 0.25) is 0 Å². The standard InChI is InChI=1S/C24H36N2/c1-10-11-14-25-20(8)22-13-12-18(6)23(15-22)26-21(9)24(17(4)5)19(7)16(2)3/h12-13,15,19,25-26H,2,8-11,14H2,1,3-7H3. The quantitative estimate of drug-likeness (QED) is 0.274. The third-order valence-corrected chi connectivity index (χ3v) is 4.78. The monoisotopic (exact) mass is 352 g/mol. The Morgan fingerprint density at radius 1 is 1.12 bits per heavy atom. The number of nitrogens with one attached hydrogen (secondary N) is 2. The van der Waals surface area contributed by atoms with E-state index in [2.05, 4.69) is 90.1 Å². The minimum atomic E-state index is 0.272. The van der Waals surface area contributed by atoms with Crippen molar-refractivity contribution < 1.29 is 0 Å². The lowest BCUT2D eigenvalue weighted by atomic mass is 9.89. The van der Waals surface area contributed by atoms with Gasteiger partial charge in [0.2, 0.25) is 0 Å². The molecule has 0 amide bonds. The minimum Gasteiger partial charge on any atom is -0.385 e. The largest absolute Gasteiger partial charge is 0.385 e. The van der Waals surface area contributed by atoms with Gasteiger partial charge in [-0.15, -0.1) is 0 Å². The molecule has 1 aromatic rings. The molecule has 0 aliphatic heterocycles. The average Bonchev–Trinajstić information content (AvgIpc) is 2.56. The van der Waals surface area contributed by atoms with Gasteiger partial charge in [-0.05, 0) is 56.9 Å². The SMILES string of the molecule is C=C(Nc1cc(C(=C)NCCCC)ccc1C)C(=C(C)C)C(C)C(=C)C. The van der Waals surface area contributed by atoms with E-state index in [9.17, 15) is 0 Å². The van der Waals surface area contributed by atoms with Gasteiger partial charge in [-0.3, -0.25) is 0 Å². The Labute approximate surface area is 160 Å². The van der Waals surface area contributed by atoms with Crippen molar-refractivity contribution >= 4 is 11.4 Å². The van der Waals surface area contributed by atoms with Gasteiger partial charge in [0.05, 0.1) is 0 Å². The van der Waals surface area contributed by atoms with E-state index in [4.69, 9.17) is 0 Å². The van der Waals surface area contributed by atoms with Gasteiger partial charge in [0.15, 0.2) is 0 Å². The van der Waals surface area contributed by atoms with Gasteiger partial charge in [-0.25, -0.2) is 0 Å². The maximum Gasteiger partial charge on any atom is 0.0420 e. The van der Waals surface area contributed by atoms with E-state index in [-0.39, 0.29) is 5.92 Å². The molecular weight excluding hydrogens is 316 g/mol. The van der Waals surface area contributed by atoms with E-state index in [1.165, 1.54) is 23.1 Å². The lowest BCUT2D eigenvalue weighted by molar-refractivity contribution is 0.745. The van der Waals surface area contributed by atoms with Crippen molar-refractivity contribution in [2.45, 2.75) is 54.4 Å². The fraction of sp³-hybridized carbons (Fsp3) is 0.417. The average molecular weight is 353 g/mol. The van der Waals surface area contributed by atoms with E-state index in [0.717, 1.165) is 41.2 Å². The molecule has 0 aliphatic rings. The Bertz CT molecular complexity index is 703. The molecule has 0 bridgehead atoms. The summed E-state index contributed by atoms with van der Waals surface area (Å²) in [5, 5.41) is 6.94. The summed E-state index contributed by atoms with van der Waals surface area (Å²) in [6.07, 6.45) is 2.32. The maximum atomic E-state index is 4.30. The van der Waals surface area contributed by atoms with Crippen molar-refractivity contribution in [3.63, 3.8) is 0 Å². The van der Waals surface area contributed by atoms with Crippen LogP contribution in [0.3, 0.4) is 0 Å². The molecule has 1 unspecified atom stereocenters. The van der Waals surface area contributed by atoms with Gasteiger partial charge in [-0.2, -0.15) is 0 Å². The smallest absolute Gasteiger partial charge is 0.0420 e. The van der Waals surface area contributed by atoms with Crippen molar-refractivity contribution in [3.05, 3.63) is 71.5 Å². The van der Waals surface area contributed by atoms with Crippen LogP contribution in [0.15, 0.2) is 60.4 Å². The van der Waals surface area contributed by atoms with Crippen LogP contribution in [0.5, 0.6) is 0 Å². The van der Waals surface area contributed by atoms with Crippen LogP contribution >= 0.6 is 0 Å². The van der Waals surface area contributed by atoms with E-state index < -0.39 is 0 Å². The zero-order valence-corrected chi connectivity index (χ0v) is 17.6. The van der Waals surface area contributed by atoms with E-state index in [1.807, 2.05) is 0 Å². The van der Waals surface area contributed by atoms with E-state index >= 15 is 0 Å². The molecule has 0 saturated heterocycles. The van der Waals surface area contributed by atoms with Gasteiger partial charge in [0, 0.05) is 29.5 Å². The highest BCUT2D eigenvalue weighted by molar-refractivity contribution is 5.69. The molecule has 0 radical (unpaired) electrons. The van der Waals surface area contributed by atoms with Crippen molar-refractivity contribution in [3.8, 4) is 0 Å². The van der Waals surface area contributed by atoms with Gasteiger partial charge in [-0.1, -0.05) is 63.3 Å². The van der Waals surface area contributed by atoms with Crippen molar-refractivity contribution in [1.82, 2.24) is 5.32 Å². The van der Waals surface area contributed by atoms with Crippen LogP contribution in [0.25, 0.3) is 5.70 Å². The first-order chi connectivity index (χ1) is 12.2. The molecule has 1 aromatic carbocycles. The second-order valence-electron chi connectivity index (χ2n) is 7.37. The Kier molecular flexibility index (Phi) is 8.44. The van der Waals surface area contributed by atoms with Crippen LogP contribution in [0.1, 0.15) is 58.6 Å². The normalized spacial score (nSPS) is 11.5. The number of hydrogen-bond acceptors (Lipinski definition) is 2. The van der Waals surface area contributed by atoms with Gasteiger partial charge < -0.3 is 10.6 Å². The lowest BCUT2D eigenvalue weighted by Gasteiger charge is -2.23. The predicted molar refractivity (Wildman–Crippen MR) is 118 cm³/mol. The highest BCUT2D eigenvalue weighted by atomic mass is 14.9. The molecule has 0 saturated carbocycles. The molecular formula is C24H36N2. The Morgan fingerprint density at radius 2 is 1.77 bits per heavy atom. The molecule has 2 heteroatoms. The number of allylic oxidation sites excluding steroid dienone is 3. The lowest BCUT2D eigenvalue weighted by Crippen LogP contribution is -2.14. The molecule has 0 spiro atoms. The first kappa shape index (κ1) is 21.8. The third kappa shape index (κ3) is 5.94. The van der Waals surface area contributed by atoms with E-state index in [1.54, 1.807) is 0 Å². The molecule has 1 rings (SSSR count). The number of hydrogen-bond donors (Lipinski definition) is 2. The fourth-order valence-electron chi connectivity index (χ4n) is 2.93. The number of benzene rings is 1. The summed E-state index contributed by atoms with van der Waals surface area (Å²) in [5.74, 6) is 0.272. The molecule has 0 heterocycles. The number of unbranched alkanes of at least 4 members (excludes halogenated alkanes) is 1. The second-order valence-corrected chi connectivity index (χ2v) is 7.37. The summed E-state index contributed by atoms with van der Waals surface area (Å²) < 4.78 is 0. The second kappa shape index (κ2) is 10.1. The topological polar surface area (TPSA) is 24.1 Å². The summed E-state index contributed by atoms with van der Waals surface area (Å²) in [4.78, 5) is 0. The zero-order chi connectivity index (χ0) is 19.9. The number of aryl methyl sites for hydroxylation is 1. The third-order valence-electron chi connectivity index (χ3n) is 4.78. The van der Waals surface area contributed by atoms with Gasteiger partial charge >= 0.3 is 0 Å². The number of rotatable bonds is 10. The molecule has 0 aliphatic carbocycles. The highest BCUT2D eigenvalue weighted by Gasteiger charge is 2.15. The van der Waals surface area contributed by atoms with Crippen molar-refractivity contribution in [1.29, 1.82) is 0 Å². The molecule has 1 atom stereocenters. The van der Waals surface area contributed by atoms with Crippen LogP contribution in [0, 0.1) is 12.8 Å². The van der Waals surface area contributed by atoms with Crippen LogP contribution < -0.4 is 10.6 Å². The predicted octanol–water partition coefficient (Wildman–Crippen LogP) is 6.83. The van der Waals surface area contributed by atoms with Crippen LogP contribution in [-0.2, 0) is 0 Å². The summed E-state index contributed by atoms with van der Waals surface area (Å²) in [5.41, 5.74) is 8.89. The molecule has 0 aromatic heterocycles. The van der Waals surface area contributed by atoms with Crippen molar-refractivity contribution in [2.24, 2.45) is 5.92 Å². The van der Waals surface area contributed by atoms with Crippen LogP contribution in [0.4, 0.5) is 5.69 Å². The number of anilines is 1. The van der Waals surface area contributed by atoms with Crippen LogP contribution in [-0.4, -0.2) is 6.54 Å². The maximum absolute atomic E-state index is 4.30. The van der Waals surface area contributed by atoms with Crippen molar-refractivity contribution in [2.75, 3.05) is 11.9 Å². The molecule has 0 fully saturated rings. The Hall–Kier alpha value is -2.22. The summed E-state index contributed by atoms with van der Waals surface area (Å²) in [6.45, 7) is 26.4. The summed E-state index contributed by atoms with van der Waals surface area (Å²) >= 11 is 0. The summed E-state index contributed by atoms with van der Waals surface area (Å²) in [7, 11) is 0. The molecule has 2 nitrogen and oxygen atoms in total. The minimum absolute atomic E-state index is 0.272. The Morgan fingerprint density at radius 3 is 2.31 bits per heavy atom. The van der Waals surface area contributed by atoms with E-state index in [0.29, 0.717) is 0 Å². The summed E-state index contributed by atoms with van der Waals surface area (Å²) in [6, 6.07) is 6.39. The fourth-order valence-corrected chi connectivity index (χ4v) is 2.93. The highest BCUT2D eigenvalue weighted by Crippen LogP contribution is 2.30. The van der Waals surface area contributed by atoms with Gasteiger partial charge in [0.1, 0.15) is 0 Å². The Balaban J connectivity index is 3.03. The van der Waals surface area contributed by atoms with Gasteiger partial charge in [0.25, 0.3) is 0 Å². The molecule has 142 valence electrons. The first-order valence-electron chi connectivity index (χ1n) is 9.51. The zero-order valence-electron chi connectivity index (χ0n) is 17.6.